The Hall–Kier alpha value is -2.55. The summed E-state index contributed by atoms with van der Waals surface area (Å²) in [5.41, 5.74) is -1.12. The van der Waals surface area contributed by atoms with E-state index in [1.54, 1.807) is 0 Å². The number of nitrogens with one attached hydrogen (secondary N) is 2. The molecule has 0 unspecified atom stereocenters. The van der Waals surface area contributed by atoms with Crippen LogP contribution in [0.4, 0.5) is 14.5 Å². The molecule has 1 aromatic carbocycles. The Bertz CT molecular complexity index is 592. The van der Waals surface area contributed by atoms with Crippen LogP contribution in [0.15, 0.2) is 12.1 Å². The average molecular weight is 316 g/mol. The van der Waals surface area contributed by atoms with Gasteiger partial charge < -0.3 is 20.5 Å². The first-order chi connectivity index (χ1) is 10.4. The zero-order valence-corrected chi connectivity index (χ0v) is 11.6. The van der Waals surface area contributed by atoms with Crippen molar-refractivity contribution in [3.63, 3.8) is 0 Å². The molecule has 3 N–H and O–H groups in total. The minimum Gasteiger partial charge on any atom is -0.465 e. The molecule has 9 heteroatoms. The highest BCUT2D eigenvalue weighted by molar-refractivity contribution is 6.39. The van der Waals surface area contributed by atoms with Gasteiger partial charge in [-0.25, -0.2) is 13.6 Å². The van der Waals surface area contributed by atoms with E-state index in [4.69, 9.17) is 5.11 Å². The molecule has 0 spiro atoms. The zero-order chi connectivity index (χ0) is 16.7. The molecule has 0 atom stereocenters. The van der Waals surface area contributed by atoms with Crippen molar-refractivity contribution in [3.05, 3.63) is 29.3 Å². The van der Waals surface area contributed by atoms with Crippen molar-refractivity contribution in [1.29, 1.82) is 0 Å². The molecule has 0 saturated carbocycles. The lowest BCUT2D eigenvalue weighted by Gasteiger charge is -2.09. The molecule has 0 aliphatic carbocycles. The highest BCUT2D eigenvalue weighted by Crippen LogP contribution is 2.20. The van der Waals surface area contributed by atoms with Crippen LogP contribution >= 0.6 is 0 Å². The molecule has 0 aliphatic heterocycles. The van der Waals surface area contributed by atoms with Crippen molar-refractivity contribution in [2.24, 2.45) is 0 Å². The number of amides is 2. The largest absolute Gasteiger partial charge is 0.465 e. The van der Waals surface area contributed by atoms with E-state index in [0.717, 1.165) is 13.2 Å². The third-order valence-electron chi connectivity index (χ3n) is 2.54. The van der Waals surface area contributed by atoms with Gasteiger partial charge in [0, 0.05) is 19.2 Å². The Morgan fingerprint density at radius 2 is 1.86 bits per heavy atom. The number of hydrogen-bond acceptors (Lipinski definition) is 5. The minimum absolute atomic E-state index is 0.0576. The fraction of sp³-hybridized carbons (Fsp3) is 0.308. The third-order valence-corrected chi connectivity index (χ3v) is 2.54. The van der Waals surface area contributed by atoms with Gasteiger partial charge in [-0.3, -0.25) is 9.59 Å². The monoisotopic (exact) mass is 316 g/mol. The summed E-state index contributed by atoms with van der Waals surface area (Å²) in [6.45, 7) is -0.112. The Morgan fingerprint density at radius 3 is 2.45 bits per heavy atom. The first-order valence-corrected chi connectivity index (χ1v) is 6.18. The van der Waals surface area contributed by atoms with Gasteiger partial charge in [-0.2, -0.15) is 0 Å². The SMILES string of the molecule is COC(=O)c1cc(NC(=O)C(=O)NCCCO)c(F)cc1F. The number of carbonyl (C=O) groups is 3. The molecule has 0 aromatic heterocycles. The van der Waals surface area contributed by atoms with Gasteiger partial charge >= 0.3 is 17.8 Å². The lowest BCUT2D eigenvalue weighted by Crippen LogP contribution is -2.36. The Labute approximate surface area is 124 Å². The van der Waals surface area contributed by atoms with Crippen molar-refractivity contribution in [3.8, 4) is 0 Å². The van der Waals surface area contributed by atoms with Crippen LogP contribution < -0.4 is 10.6 Å². The van der Waals surface area contributed by atoms with Crippen LogP contribution in [0.3, 0.4) is 0 Å². The normalized spacial score (nSPS) is 10.0. The number of benzene rings is 1. The number of aliphatic hydroxyl groups excluding tert-OH is 1. The maximum atomic E-state index is 13.6. The molecule has 7 nitrogen and oxygen atoms in total. The molecular weight excluding hydrogens is 302 g/mol. The van der Waals surface area contributed by atoms with E-state index in [-0.39, 0.29) is 19.6 Å². The Morgan fingerprint density at radius 1 is 1.18 bits per heavy atom. The molecule has 22 heavy (non-hydrogen) atoms. The van der Waals surface area contributed by atoms with Crippen LogP contribution in [-0.4, -0.2) is 43.2 Å². The van der Waals surface area contributed by atoms with Crippen molar-refractivity contribution in [1.82, 2.24) is 5.32 Å². The molecule has 0 fully saturated rings. The maximum absolute atomic E-state index is 13.6. The van der Waals surface area contributed by atoms with Gasteiger partial charge in [0.15, 0.2) is 0 Å². The lowest BCUT2D eigenvalue weighted by molar-refractivity contribution is -0.136. The fourth-order valence-electron chi connectivity index (χ4n) is 1.45. The highest BCUT2D eigenvalue weighted by Gasteiger charge is 2.20. The Balaban J connectivity index is 2.86. The van der Waals surface area contributed by atoms with Crippen molar-refractivity contribution >= 4 is 23.5 Å². The van der Waals surface area contributed by atoms with Gasteiger partial charge in [0.1, 0.15) is 11.6 Å². The van der Waals surface area contributed by atoms with Crippen LogP contribution in [0.2, 0.25) is 0 Å². The third kappa shape index (κ3) is 4.48. The quantitative estimate of drug-likeness (QED) is 0.408. The van der Waals surface area contributed by atoms with Crippen LogP contribution in [0.1, 0.15) is 16.8 Å². The lowest BCUT2D eigenvalue weighted by atomic mass is 10.1. The van der Waals surface area contributed by atoms with Crippen LogP contribution in [-0.2, 0) is 14.3 Å². The van der Waals surface area contributed by atoms with Crippen molar-refractivity contribution < 1.29 is 33.0 Å². The summed E-state index contributed by atoms with van der Waals surface area (Å²) >= 11 is 0. The molecule has 0 bridgehead atoms. The summed E-state index contributed by atoms with van der Waals surface area (Å²) in [7, 11) is 1.01. The molecule has 0 heterocycles. The first-order valence-electron chi connectivity index (χ1n) is 6.18. The molecule has 1 rings (SSSR count). The summed E-state index contributed by atoms with van der Waals surface area (Å²) in [6, 6.07) is 1.13. The molecular formula is C13H14F2N2O5. The molecule has 0 radical (unpaired) electrons. The molecule has 1 aromatic rings. The smallest absolute Gasteiger partial charge is 0.340 e. The van der Waals surface area contributed by atoms with Gasteiger partial charge in [-0.15, -0.1) is 0 Å². The van der Waals surface area contributed by atoms with Gasteiger partial charge in [0.05, 0.1) is 18.4 Å². The topological polar surface area (TPSA) is 105 Å². The standard InChI is InChI=1S/C13H14F2N2O5/c1-22-13(21)7-5-10(9(15)6-8(7)14)17-12(20)11(19)16-3-2-4-18/h5-6,18H,2-4H2,1H3,(H,16,19)(H,17,20). The van der Waals surface area contributed by atoms with E-state index in [9.17, 15) is 23.2 Å². The van der Waals surface area contributed by atoms with E-state index >= 15 is 0 Å². The number of rotatable bonds is 5. The van der Waals surface area contributed by atoms with E-state index in [2.05, 4.69) is 10.1 Å². The second-order valence-electron chi connectivity index (χ2n) is 4.09. The summed E-state index contributed by atoms with van der Waals surface area (Å²) in [6.07, 6.45) is 0.246. The maximum Gasteiger partial charge on any atom is 0.340 e. The number of ether oxygens (including phenoxy) is 1. The predicted molar refractivity (Wildman–Crippen MR) is 71.0 cm³/mol. The first kappa shape index (κ1) is 17.5. The molecule has 0 saturated heterocycles. The number of esters is 1. The average Bonchev–Trinajstić information content (AvgIpc) is 2.49. The zero-order valence-electron chi connectivity index (χ0n) is 11.6. The molecule has 120 valence electrons. The minimum atomic E-state index is -1.20. The number of anilines is 1. The summed E-state index contributed by atoms with van der Waals surface area (Å²) in [5.74, 6) is -5.62. The van der Waals surface area contributed by atoms with E-state index in [0.29, 0.717) is 6.07 Å². The predicted octanol–water partition coefficient (Wildman–Crippen LogP) is 0.188. The number of halogens is 2. The second kappa shape index (κ2) is 8.03. The van der Waals surface area contributed by atoms with Crippen molar-refractivity contribution in [2.45, 2.75) is 6.42 Å². The molecule has 0 aliphatic rings. The van der Waals surface area contributed by atoms with Gasteiger partial charge in [0.25, 0.3) is 0 Å². The molecule has 2 amide bonds. The summed E-state index contributed by atoms with van der Waals surface area (Å²) in [5, 5.41) is 12.6. The second-order valence-corrected chi connectivity index (χ2v) is 4.09. The van der Waals surface area contributed by atoms with E-state index in [1.165, 1.54) is 0 Å². The summed E-state index contributed by atoms with van der Waals surface area (Å²) < 4.78 is 31.3. The van der Waals surface area contributed by atoms with Crippen molar-refractivity contribution in [2.75, 3.05) is 25.6 Å². The fourth-order valence-corrected chi connectivity index (χ4v) is 1.45. The van der Waals surface area contributed by atoms with Crippen LogP contribution in [0.25, 0.3) is 0 Å². The Kier molecular flexibility index (Phi) is 6.39. The highest BCUT2D eigenvalue weighted by atomic mass is 19.1. The number of carbonyl (C=O) groups excluding carboxylic acids is 3. The van der Waals surface area contributed by atoms with E-state index in [1.807, 2.05) is 5.32 Å². The van der Waals surface area contributed by atoms with Gasteiger partial charge in [0.2, 0.25) is 0 Å². The van der Waals surface area contributed by atoms with Crippen LogP contribution in [0, 0.1) is 11.6 Å². The number of aliphatic hydroxyl groups is 1. The number of methoxy groups -OCH3 is 1. The van der Waals surface area contributed by atoms with Gasteiger partial charge in [-0.1, -0.05) is 0 Å². The van der Waals surface area contributed by atoms with Gasteiger partial charge in [-0.05, 0) is 12.5 Å². The van der Waals surface area contributed by atoms with E-state index < -0.39 is 40.7 Å². The van der Waals surface area contributed by atoms with Crippen LogP contribution in [0.5, 0.6) is 0 Å². The summed E-state index contributed by atoms with van der Waals surface area (Å²) in [4.78, 5) is 34.2. The number of hydrogen-bond donors (Lipinski definition) is 3.